The number of morpholine rings is 1. The Labute approximate surface area is 73.5 Å². The number of ether oxygens (including phenoxy) is 1. The van der Waals surface area contributed by atoms with Crippen molar-refractivity contribution in [1.82, 2.24) is 5.32 Å². The molecular formula is C7H16ClNO2. The molecule has 0 spiro atoms. The summed E-state index contributed by atoms with van der Waals surface area (Å²) in [5, 5.41) is 12.6. The summed E-state index contributed by atoms with van der Waals surface area (Å²) in [4.78, 5) is 0. The lowest BCUT2D eigenvalue weighted by Gasteiger charge is -2.32. The van der Waals surface area contributed by atoms with Gasteiger partial charge in [-0.15, -0.1) is 12.4 Å². The first kappa shape index (κ1) is 11.2. The molecule has 0 aromatic carbocycles. The van der Waals surface area contributed by atoms with Gasteiger partial charge in [-0.3, -0.25) is 0 Å². The number of hydrogen-bond donors (Lipinski definition) is 2. The van der Waals surface area contributed by atoms with Crippen molar-refractivity contribution in [3.63, 3.8) is 0 Å². The molecule has 0 aliphatic carbocycles. The van der Waals surface area contributed by atoms with Crippen LogP contribution in [-0.2, 0) is 4.74 Å². The topological polar surface area (TPSA) is 41.5 Å². The average molecular weight is 182 g/mol. The molecule has 4 heteroatoms. The van der Waals surface area contributed by atoms with Gasteiger partial charge in [-0.1, -0.05) is 0 Å². The molecule has 1 aliphatic heterocycles. The fraction of sp³-hybridized carbons (Fsp3) is 1.00. The fourth-order valence-electron chi connectivity index (χ4n) is 1.02. The van der Waals surface area contributed by atoms with Gasteiger partial charge in [0, 0.05) is 13.1 Å². The second-order valence-corrected chi connectivity index (χ2v) is 3.22. The van der Waals surface area contributed by atoms with Crippen LogP contribution < -0.4 is 5.32 Å². The molecule has 11 heavy (non-hydrogen) atoms. The van der Waals surface area contributed by atoms with Gasteiger partial charge in [-0.05, 0) is 13.8 Å². The van der Waals surface area contributed by atoms with Crippen molar-refractivity contribution in [2.75, 3.05) is 19.7 Å². The molecule has 1 rings (SSSR count). The van der Waals surface area contributed by atoms with Crippen molar-refractivity contribution in [3.05, 3.63) is 0 Å². The SMILES string of the molecule is CC(C)(O)[C@@H]1CNCCO1.Cl. The van der Waals surface area contributed by atoms with Crippen LogP contribution in [0.15, 0.2) is 0 Å². The predicted octanol–water partition coefficient (Wildman–Crippen LogP) is 0.167. The molecule has 68 valence electrons. The monoisotopic (exact) mass is 181 g/mol. The number of halogens is 1. The molecule has 2 N–H and O–H groups in total. The summed E-state index contributed by atoms with van der Waals surface area (Å²) in [6.45, 7) is 5.89. The number of aliphatic hydroxyl groups is 1. The van der Waals surface area contributed by atoms with Gasteiger partial charge in [0.25, 0.3) is 0 Å². The Kier molecular flexibility index (Phi) is 4.32. The first-order chi connectivity index (χ1) is 4.61. The van der Waals surface area contributed by atoms with Crippen LogP contribution in [0.25, 0.3) is 0 Å². The predicted molar refractivity (Wildman–Crippen MR) is 46.2 cm³/mol. The summed E-state index contributed by atoms with van der Waals surface area (Å²) >= 11 is 0. The van der Waals surface area contributed by atoms with Gasteiger partial charge >= 0.3 is 0 Å². The molecule has 1 heterocycles. The van der Waals surface area contributed by atoms with E-state index in [0.29, 0.717) is 6.61 Å². The van der Waals surface area contributed by atoms with Crippen LogP contribution in [0.5, 0.6) is 0 Å². The van der Waals surface area contributed by atoms with Gasteiger partial charge in [0.2, 0.25) is 0 Å². The molecule has 0 unspecified atom stereocenters. The minimum atomic E-state index is -0.715. The molecule has 1 atom stereocenters. The van der Waals surface area contributed by atoms with E-state index < -0.39 is 5.60 Å². The van der Waals surface area contributed by atoms with Crippen LogP contribution in [0, 0.1) is 0 Å². The summed E-state index contributed by atoms with van der Waals surface area (Å²) in [6, 6.07) is 0. The molecule has 0 amide bonds. The number of nitrogens with one attached hydrogen (secondary N) is 1. The molecule has 1 aliphatic rings. The van der Waals surface area contributed by atoms with Crippen molar-refractivity contribution in [1.29, 1.82) is 0 Å². The highest BCUT2D eigenvalue weighted by Crippen LogP contribution is 2.12. The minimum Gasteiger partial charge on any atom is -0.388 e. The maximum absolute atomic E-state index is 9.48. The second kappa shape index (κ2) is 4.26. The Balaban J connectivity index is 0.000001000. The third-order valence-corrected chi connectivity index (χ3v) is 1.72. The highest BCUT2D eigenvalue weighted by molar-refractivity contribution is 5.85. The summed E-state index contributed by atoms with van der Waals surface area (Å²) in [6.07, 6.45) is -0.0544. The molecule has 0 saturated carbocycles. The van der Waals surface area contributed by atoms with Crippen molar-refractivity contribution in [2.24, 2.45) is 0 Å². The van der Waals surface area contributed by atoms with Crippen LogP contribution in [0.4, 0.5) is 0 Å². The zero-order valence-corrected chi connectivity index (χ0v) is 7.78. The summed E-state index contributed by atoms with van der Waals surface area (Å²) in [5.41, 5.74) is -0.715. The molecular weight excluding hydrogens is 166 g/mol. The largest absolute Gasteiger partial charge is 0.388 e. The van der Waals surface area contributed by atoms with Crippen LogP contribution in [0.1, 0.15) is 13.8 Å². The van der Waals surface area contributed by atoms with Crippen LogP contribution >= 0.6 is 12.4 Å². The van der Waals surface area contributed by atoms with E-state index in [1.54, 1.807) is 13.8 Å². The van der Waals surface area contributed by atoms with E-state index >= 15 is 0 Å². The van der Waals surface area contributed by atoms with Gasteiger partial charge in [-0.25, -0.2) is 0 Å². The molecule has 0 aromatic rings. The Hall–Kier alpha value is 0.170. The zero-order valence-electron chi connectivity index (χ0n) is 6.96. The fourth-order valence-corrected chi connectivity index (χ4v) is 1.02. The van der Waals surface area contributed by atoms with E-state index in [1.165, 1.54) is 0 Å². The van der Waals surface area contributed by atoms with E-state index in [2.05, 4.69) is 5.32 Å². The van der Waals surface area contributed by atoms with Crippen LogP contribution in [0.2, 0.25) is 0 Å². The highest BCUT2D eigenvalue weighted by Gasteiger charge is 2.28. The Morgan fingerprint density at radius 2 is 2.18 bits per heavy atom. The molecule has 0 radical (unpaired) electrons. The van der Waals surface area contributed by atoms with Gasteiger partial charge in [0.05, 0.1) is 18.3 Å². The minimum absolute atomic E-state index is 0. The molecule has 3 nitrogen and oxygen atoms in total. The summed E-state index contributed by atoms with van der Waals surface area (Å²) in [5.74, 6) is 0. The molecule has 0 aromatic heterocycles. The smallest absolute Gasteiger partial charge is 0.0980 e. The van der Waals surface area contributed by atoms with Crippen molar-refractivity contribution in [2.45, 2.75) is 25.6 Å². The van der Waals surface area contributed by atoms with Crippen LogP contribution in [-0.4, -0.2) is 36.5 Å². The van der Waals surface area contributed by atoms with Gasteiger partial charge in [-0.2, -0.15) is 0 Å². The van der Waals surface area contributed by atoms with E-state index in [0.717, 1.165) is 13.1 Å². The van der Waals surface area contributed by atoms with Crippen molar-refractivity contribution < 1.29 is 9.84 Å². The molecule has 1 saturated heterocycles. The Morgan fingerprint density at radius 3 is 2.45 bits per heavy atom. The van der Waals surface area contributed by atoms with Gasteiger partial charge < -0.3 is 15.2 Å². The van der Waals surface area contributed by atoms with Crippen molar-refractivity contribution in [3.8, 4) is 0 Å². The first-order valence-electron chi connectivity index (χ1n) is 3.65. The number of rotatable bonds is 1. The van der Waals surface area contributed by atoms with Gasteiger partial charge in [0.1, 0.15) is 0 Å². The lowest BCUT2D eigenvalue weighted by molar-refractivity contribution is -0.0989. The maximum Gasteiger partial charge on any atom is 0.0980 e. The maximum atomic E-state index is 9.48. The van der Waals surface area contributed by atoms with Crippen molar-refractivity contribution >= 4 is 12.4 Å². The van der Waals surface area contributed by atoms with E-state index in [1.807, 2.05) is 0 Å². The standard InChI is InChI=1S/C7H15NO2.ClH/c1-7(2,9)6-5-8-3-4-10-6;/h6,8-9H,3-5H2,1-2H3;1H/t6-;/m0./s1. The lowest BCUT2D eigenvalue weighted by atomic mass is 10.0. The third kappa shape index (κ3) is 3.38. The quantitative estimate of drug-likeness (QED) is 0.606. The third-order valence-electron chi connectivity index (χ3n) is 1.72. The van der Waals surface area contributed by atoms with Gasteiger partial charge in [0.15, 0.2) is 0 Å². The average Bonchev–Trinajstić information content (AvgIpc) is 1.88. The summed E-state index contributed by atoms with van der Waals surface area (Å²) in [7, 11) is 0. The van der Waals surface area contributed by atoms with E-state index in [9.17, 15) is 5.11 Å². The lowest BCUT2D eigenvalue weighted by Crippen LogP contribution is -2.50. The normalized spacial score (nSPS) is 25.9. The van der Waals surface area contributed by atoms with E-state index in [-0.39, 0.29) is 18.5 Å². The second-order valence-electron chi connectivity index (χ2n) is 3.22. The highest BCUT2D eigenvalue weighted by atomic mass is 35.5. The number of hydrogen-bond acceptors (Lipinski definition) is 3. The summed E-state index contributed by atoms with van der Waals surface area (Å²) < 4.78 is 5.33. The van der Waals surface area contributed by atoms with E-state index in [4.69, 9.17) is 4.74 Å². The Morgan fingerprint density at radius 1 is 1.55 bits per heavy atom. The molecule has 0 bridgehead atoms. The zero-order chi connectivity index (χ0) is 7.61. The Bertz CT molecular complexity index is 107. The molecule has 1 fully saturated rings. The van der Waals surface area contributed by atoms with Crippen LogP contribution in [0.3, 0.4) is 0 Å². The first-order valence-corrected chi connectivity index (χ1v) is 3.65.